The number of benzene rings is 6. The van der Waals surface area contributed by atoms with E-state index >= 15 is 0 Å². The molecule has 0 saturated heterocycles. The van der Waals surface area contributed by atoms with Crippen LogP contribution in [0.5, 0.6) is 51.7 Å². The summed E-state index contributed by atoms with van der Waals surface area (Å²) in [6, 6.07) is 26.5. The van der Waals surface area contributed by atoms with Gasteiger partial charge in [0, 0.05) is 34.2 Å². The van der Waals surface area contributed by atoms with Crippen molar-refractivity contribution in [1.29, 1.82) is 0 Å². The van der Waals surface area contributed by atoms with Crippen LogP contribution in [0.4, 0.5) is 13.2 Å². The zero-order valence-corrected chi connectivity index (χ0v) is 43.8. The third-order valence-corrected chi connectivity index (χ3v) is 13.7. The molecule has 2 aliphatic rings. The fraction of sp³-hybridized carbons (Fsp3) is 0.339. The molecule has 0 aromatic heterocycles. The van der Waals surface area contributed by atoms with Crippen molar-refractivity contribution < 1.29 is 74.3 Å². The highest BCUT2D eigenvalue weighted by Crippen LogP contribution is 2.45. The number of carbonyl (C=O) groups excluding carboxylic acids is 1. The highest BCUT2D eigenvalue weighted by molar-refractivity contribution is 7.88. The first-order valence-corrected chi connectivity index (χ1v) is 24.5. The Morgan fingerprint density at radius 2 is 1.23 bits per heavy atom. The molecule has 0 spiro atoms. The molecule has 6 aromatic carbocycles. The van der Waals surface area contributed by atoms with E-state index in [9.17, 15) is 36.6 Å². The van der Waals surface area contributed by atoms with E-state index in [0.29, 0.717) is 24.3 Å². The summed E-state index contributed by atoms with van der Waals surface area (Å²) in [4.78, 5) is 11.7. The SMILES string of the molecule is COC(=O)C[C@@H]1COc2cc(O[C@@H]3CCc4c(-c5c(C)ccc(OC)c5C)cccc43)ccc21.COc1ccc(C)c(O)c1C.COc1ccc(C)c(OS(=O)(=O)C(F)(F)F)c1C.Cc1ccc(O)c(C)c1O. The summed E-state index contributed by atoms with van der Waals surface area (Å²) in [5.41, 5.74) is 6.54. The molecule has 0 unspecified atom stereocenters. The molecule has 392 valence electrons. The summed E-state index contributed by atoms with van der Waals surface area (Å²) in [6.07, 6.45) is 2.21. The number of halogens is 3. The minimum absolute atomic E-state index is 0.00788. The number of phenolic OH excluding ortho intramolecular Hbond substituents is 3. The quantitative estimate of drug-likeness (QED) is 0.0672. The molecule has 1 heterocycles. The number of hydrogen-bond acceptors (Lipinski definition) is 13. The fourth-order valence-corrected chi connectivity index (χ4v) is 9.13. The number of alkyl halides is 3. The lowest BCUT2D eigenvalue weighted by molar-refractivity contribution is -0.141. The number of phenols is 3. The predicted molar refractivity (Wildman–Crippen MR) is 272 cm³/mol. The molecule has 0 bridgehead atoms. The maximum Gasteiger partial charge on any atom is 0.534 e. The first kappa shape index (κ1) is 56.6. The number of rotatable bonds is 10. The second kappa shape index (κ2) is 24.0. The van der Waals surface area contributed by atoms with Gasteiger partial charge in [-0.15, -0.1) is 0 Å². The van der Waals surface area contributed by atoms with Crippen molar-refractivity contribution in [2.75, 3.05) is 35.0 Å². The molecule has 2 atom stereocenters. The van der Waals surface area contributed by atoms with Crippen LogP contribution in [0.2, 0.25) is 0 Å². The summed E-state index contributed by atoms with van der Waals surface area (Å²) in [5, 5.41) is 27.7. The standard InChI is InChI=1S/C29H30O5.C10H11F3O4S.C9H12O2.C8H10O2/c1-17-8-12-25(31-3)18(2)29(17)24-7-5-6-23-22(24)11-13-26(23)34-20-9-10-21-19(14-28(30)32-4)16-33-27(21)15-20;1-6-4-5-8(16-3)7(2)9(6)17-18(14,15)10(11,12)13;1-6-4-5-8(11-3)7(2)9(6)10;1-5-3-4-7(9)6(2)8(5)10/h5-10,12,15,19,26H,11,13-14,16H2,1-4H3;4-5H,1-3H3;4-5,10H,1-3H3;3-4,9-10H,1-2H3/t19-,26-;;;/m1.../s1. The molecule has 3 N–H and O–H groups in total. The Labute approximate surface area is 425 Å². The van der Waals surface area contributed by atoms with Gasteiger partial charge in [0.2, 0.25) is 0 Å². The monoisotopic (exact) mass is 1030 g/mol. The molecule has 73 heavy (non-hydrogen) atoms. The van der Waals surface area contributed by atoms with E-state index in [1.165, 1.54) is 68.0 Å². The molecule has 13 nitrogen and oxygen atoms in total. The molecule has 1 aliphatic heterocycles. The number of ether oxygens (including phenoxy) is 6. The van der Waals surface area contributed by atoms with Crippen LogP contribution in [0.25, 0.3) is 11.1 Å². The summed E-state index contributed by atoms with van der Waals surface area (Å²) >= 11 is 0. The van der Waals surface area contributed by atoms with Gasteiger partial charge in [0.15, 0.2) is 5.75 Å². The topological polar surface area (TPSA) is 177 Å². The maximum atomic E-state index is 12.2. The summed E-state index contributed by atoms with van der Waals surface area (Å²) in [5.74, 6) is 3.55. The Kier molecular flexibility index (Phi) is 18.6. The first-order valence-electron chi connectivity index (χ1n) is 23.1. The number of esters is 1. The van der Waals surface area contributed by atoms with Crippen LogP contribution in [-0.2, 0) is 26.1 Å². The molecule has 1 aliphatic carbocycles. The van der Waals surface area contributed by atoms with E-state index in [2.05, 4.69) is 42.3 Å². The number of hydrogen-bond donors (Lipinski definition) is 3. The third kappa shape index (κ3) is 13.0. The Morgan fingerprint density at radius 3 is 1.82 bits per heavy atom. The van der Waals surface area contributed by atoms with E-state index in [1.807, 2.05) is 50.2 Å². The van der Waals surface area contributed by atoms with Crippen LogP contribution in [0.15, 0.2) is 84.9 Å². The van der Waals surface area contributed by atoms with E-state index < -0.39 is 15.6 Å². The molecule has 17 heteroatoms. The summed E-state index contributed by atoms with van der Waals surface area (Å²) in [6.45, 7) is 14.8. The predicted octanol–water partition coefficient (Wildman–Crippen LogP) is 12.4. The largest absolute Gasteiger partial charge is 0.534 e. The van der Waals surface area contributed by atoms with E-state index in [-0.39, 0.29) is 52.1 Å². The molecule has 0 saturated carbocycles. The Bertz CT molecular complexity index is 3030. The third-order valence-electron chi connectivity index (χ3n) is 12.8. The zero-order valence-electron chi connectivity index (χ0n) is 43.0. The lowest BCUT2D eigenvalue weighted by atomic mass is 9.90. The minimum atomic E-state index is -5.68. The number of aryl methyl sites for hydroxylation is 4. The van der Waals surface area contributed by atoms with Crippen molar-refractivity contribution in [2.45, 2.75) is 92.2 Å². The molecule has 0 fully saturated rings. The minimum Gasteiger partial charge on any atom is -0.508 e. The number of methoxy groups -OCH3 is 4. The Hall–Kier alpha value is -7.27. The van der Waals surface area contributed by atoms with Crippen LogP contribution in [0.3, 0.4) is 0 Å². The van der Waals surface area contributed by atoms with Gasteiger partial charge in [-0.05, 0) is 149 Å². The number of fused-ring (bicyclic) bond motifs is 2. The van der Waals surface area contributed by atoms with Gasteiger partial charge in [-0.1, -0.05) is 48.5 Å². The first-order chi connectivity index (χ1) is 34.4. The van der Waals surface area contributed by atoms with Crippen LogP contribution < -0.4 is 27.9 Å². The van der Waals surface area contributed by atoms with E-state index in [4.69, 9.17) is 33.5 Å². The molecular weight excluding hydrogens is 970 g/mol. The van der Waals surface area contributed by atoms with Gasteiger partial charge in [0.25, 0.3) is 0 Å². The fourth-order valence-electron chi connectivity index (χ4n) is 8.56. The van der Waals surface area contributed by atoms with Crippen LogP contribution in [0, 0.1) is 55.4 Å². The van der Waals surface area contributed by atoms with Crippen molar-refractivity contribution in [3.8, 4) is 62.9 Å². The molecular formula is C56H63F3O13S. The number of aromatic hydroxyl groups is 3. The van der Waals surface area contributed by atoms with Crippen molar-refractivity contribution in [2.24, 2.45) is 0 Å². The Balaban J connectivity index is 0.000000210. The molecule has 8 rings (SSSR count). The van der Waals surface area contributed by atoms with Crippen molar-refractivity contribution in [1.82, 2.24) is 0 Å². The lowest BCUT2D eigenvalue weighted by Gasteiger charge is -2.18. The average molecular weight is 1030 g/mol. The number of carbonyl (C=O) groups is 1. The molecule has 0 amide bonds. The normalized spacial score (nSPS) is 14.3. The van der Waals surface area contributed by atoms with Crippen LogP contribution in [-0.4, -0.2) is 70.3 Å². The van der Waals surface area contributed by atoms with Crippen molar-refractivity contribution >= 4 is 16.1 Å². The van der Waals surface area contributed by atoms with Gasteiger partial charge in [-0.2, -0.15) is 21.6 Å². The highest BCUT2D eigenvalue weighted by atomic mass is 32.2. The van der Waals surface area contributed by atoms with Gasteiger partial charge in [-0.3, -0.25) is 4.79 Å². The van der Waals surface area contributed by atoms with Gasteiger partial charge in [-0.25, -0.2) is 0 Å². The Morgan fingerprint density at radius 1 is 0.671 bits per heavy atom. The lowest BCUT2D eigenvalue weighted by Crippen LogP contribution is -2.28. The average Bonchev–Trinajstić information content (AvgIpc) is 3.96. The molecule has 6 aromatic rings. The van der Waals surface area contributed by atoms with Crippen molar-refractivity contribution in [3.05, 3.63) is 146 Å². The van der Waals surface area contributed by atoms with Gasteiger partial charge >= 0.3 is 21.6 Å². The van der Waals surface area contributed by atoms with Crippen LogP contribution >= 0.6 is 0 Å². The van der Waals surface area contributed by atoms with E-state index in [1.54, 1.807) is 40.2 Å². The smallest absolute Gasteiger partial charge is 0.508 e. The highest BCUT2D eigenvalue weighted by Gasteiger charge is 2.49. The second-order valence-electron chi connectivity index (χ2n) is 17.5. The summed E-state index contributed by atoms with van der Waals surface area (Å²) < 4.78 is 95.3. The van der Waals surface area contributed by atoms with Gasteiger partial charge < -0.3 is 47.9 Å². The molecule has 0 radical (unpaired) electrons. The second-order valence-corrected chi connectivity index (χ2v) is 19.1. The van der Waals surface area contributed by atoms with Crippen molar-refractivity contribution in [3.63, 3.8) is 0 Å². The van der Waals surface area contributed by atoms with E-state index in [0.717, 1.165) is 63.7 Å². The van der Waals surface area contributed by atoms with Crippen LogP contribution in [0.1, 0.15) is 86.1 Å². The van der Waals surface area contributed by atoms with Gasteiger partial charge in [0.1, 0.15) is 52.1 Å². The summed E-state index contributed by atoms with van der Waals surface area (Å²) in [7, 11) is 0.373. The van der Waals surface area contributed by atoms with Gasteiger partial charge in [0.05, 0.1) is 41.5 Å². The zero-order chi connectivity index (χ0) is 54.1. The maximum absolute atomic E-state index is 12.2.